The van der Waals surface area contributed by atoms with E-state index in [1.165, 1.54) is 25.7 Å². The molecular weight excluding hydrogens is 184 g/mol. The standard InChI is InChI=1S/C13H24N2/c1-13(2,3)11-6-8-15(9-7-11)12(14)10-4-5-10/h10-11,14H,4-9H2,1-3H3. The third kappa shape index (κ3) is 2.53. The Labute approximate surface area is 93.6 Å². The lowest BCUT2D eigenvalue weighted by Gasteiger charge is -2.39. The average Bonchev–Trinajstić information content (AvgIpc) is 2.99. The Balaban J connectivity index is 1.83. The van der Waals surface area contributed by atoms with Crippen molar-refractivity contribution < 1.29 is 0 Å². The van der Waals surface area contributed by atoms with E-state index in [9.17, 15) is 0 Å². The van der Waals surface area contributed by atoms with Crippen molar-refractivity contribution in [1.29, 1.82) is 5.41 Å². The molecule has 86 valence electrons. The molecule has 1 N–H and O–H groups in total. The Morgan fingerprint density at radius 1 is 1.07 bits per heavy atom. The molecule has 0 spiro atoms. The summed E-state index contributed by atoms with van der Waals surface area (Å²) in [7, 11) is 0. The van der Waals surface area contributed by atoms with Gasteiger partial charge >= 0.3 is 0 Å². The number of nitrogens with one attached hydrogen (secondary N) is 1. The maximum absolute atomic E-state index is 8.05. The molecule has 2 heteroatoms. The van der Waals surface area contributed by atoms with Gasteiger partial charge in [-0.05, 0) is 37.0 Å². The molecule has 0 aromatic carbocycles. The van der Waals surface area contributed by atoms with Crippen molar-refractivity contribution >= 4 is 5.84 Å². The van der Waals surface area contributed by atoms with E-state index in [1.54, 1.807) is 0 Å². The van der Waals surface area contributed by atoms with E-state index in [2.05, 4.69) is 25.7 Å². The maximum Gasteiger partial charge on any atom is 0.0989 e. The molecule has 1 aliphatic heterocycles. The van der Waals surface area contributed by atoms with Crippen LogP contribution in [0.1, 0.15) is 46.5 Å². The molecule has 1 saturated carbocycles. The Hall–Kier alpha value is -0.530. The van der Waals surface area contributed by atoms with Gasteiger partial charge < -0.3 is 4.90 Å². The van der Waals surface area contributed by atoms with Crippen molar-refractivity contribution in [3.63, 3.8) is 0 Å². The van der Waals surface area contributed by atoms with E-state index in [0.29, 0.717) is 11.3 Å². The summed E-state index contributed by atoms with van der Waals surface area (Å²) in [4.78, 5) is 2.32. The van der Waals surface area contributed by atoms with Crippen molar-refractivity contribution in [2.45, 2.75) is 46.5 Å². The van der Waals surface area contributed by atoms with Crippen LogP contribution in [0.5, 0.6) is 0 Å². The molecule has 0 bridgehead atoms. The van der Waals surface area contributed by atoms with Crippen LogP contribution in [0.25, 0.3) is 0 Å². The van der Waals surface area contributed by atoms with Crippen LogP contribution in [-0.2, 0) is 0 Å². The predicted molar refractivity (Wildman–Crippen MR) is 64.2 cm³/mol. The monoisotopic (exact) mass is 208 g/mol. The zero-order valence-electron chi connectivity index (χ0n) is 10.3. The van der Waals surface area contributed by atoms with Crippen molar-refractivity contribution in [2.75, 3.05) is 13.1 Å². The summed E-state index contributed by atoms with van der Waals surface area (Å²) in [6.07, 6.45) is 5.08. The number of rotatable bonds is 1. The van der Waals surface area contributed by atoms with E-state index >= 15 is 0 Å². The van der Waals surface area contributed by atoms with Crippen LogP contribution in [0.3, 0.4) is 0 Å². The summed E-state index contributed by atoms with van der Waals surface area (Å²) >= 11 is 0. The van der Waals surface area contributed by atoms with Crippen molar-refractivity contribution in [3.8, 4) is 0 Å². The normalized spacial score (nSPS) is 24.3. The first kappa shape index (κ1) is 11.0. The SMILES string of the molecule is CC(C)(C)C1CCN(C(=N)C2CC2)CC1. The largest absolute Gasteiger partial charge is 0.360 e. The highest BCUT2D eigenvalue weighted by Crippen LogP contribution is 2.37. The molecule has 15 heavy (non-hydrogen) atoms. The second kappa shape index (κ2) is 3.80. The highest BCUT2D eigenvalue weighted by Gasteiger charge is 2.34. The van der Waals surface area contributed by atoms with Gasteiger partial charge in [-0.25, -0.2) is 0 Å². The van der Waals surface area contributed by atoms with E-state index in [-0.39, 0.29) is 0 Å². The zero-order valence-corrected chi connectivity index (χ0v) is 10.3. The van der Waals surface area contributed by atoms with Crippen LogP contribution in [0.15, 0.2) is 0 Å². The molecule has 0 unspecified atom stereocenters. The van der Waals surface area contributed by atoms with E-state index < -0.39 is 0 Å². The molecule has 2 nitrogen and oxygen atoms in total. The number of likely N-dealkylation sites (tertiary alicyclic amines) is 1. The van der Waals surface area contributed by atoms with Crippen LogP contribution in [0.2, 0.25) is 0 Å². The highest BCUT2D eigenvalue weighted by atomic mass is 15.2. The van der Waals surface area contributed by atoms with Gasteiger partial charge in [0.1, 0.15) is 0 Å². The van der Waals surface area contributed by atoms with Crippen LogP contribution < -0.4 is 0 Å². The summed E-state index contributed by atoms with van der Waals surface area (Å²) in [5, 5.41) is 8.05. The van der Waals surface area contributed by atoms with E-state index in [4.69, 9.17) is 5.41 Å². The molecular formula is C13H24N2. The van der Waals surface area contributed by atoms with Gasteiger partial charge in [-0.3, -0.25) is 5.41 Å². The minimum absolute atomic E-state index is 0.452. The fourth-order valence-corrected chi connectivity index (χ4v) is 2.60. The number of piperidine rings is 1. The number of amidine groups is 1. The number of hydrogen-bond donors (Lipinski definition) is 1. The van der Waals surface area contributed by atoms with Crippen molar-refractivity contribution in [3.05, 3.63) is 0 Å². The van der Waals surface area contributed by atoms with E-state index in [1.807, 2.05) is 0 Å². The summed E-state index contributed by atoms with van der Waals surface area (Å²) < 4.78 is 0. The topological polar surface area (TPSA) is 27.1 Å². The van der Waals surface area contributed by atoms with Gasteiger partial charge in [0.15, 0.2) is 0 Å². The fourth-order valence-electron chi connectivity index (χ4n) is 2.60. The summed E-state index contributed by atoms with van der Waals surface area (Å²) in [6, 6.07) is 0. The van der Waals surface area contributed by atoms with Gasteiger partial charge in [0.25, 0.3) is 0 Å². The molecule has 0 aromatic rings. The molecule has 1 saturated heterocycles. The van der Waals surface area contributed by atoms with Gasteiger partial charge in [0, 0.05) is 19.0 Å². The van der Waals surface area contributed by atoms with Gasteiger partial charge in [-0.1, -0.05) is 20.8 Å². The third-order valence-corrected chi connectivity index (χ3v) is 4.02. The predicted octanol–water partition coefficient (Wildman–Crippen LogP) is 3.13. The second-order valence-electron chi connectivity index (χ2n) is 6.29. The smallest absolute Gasteiger partial charge is 0.0989 e. The van der Waals surface area contributed by atoms with Gasteiger partial charge in [-0.15, -0.1) is 0 Å². The molecule has 1 heterocycles. The highest BCUT2D eigenvalue weighted by molar-refractivity contribution is 5.83. The lowest BCUT2D eigenvalue weighted by atomic mass is 9.75. The van der Waals surface area contributed by atoms with Crippen LogP contribution in [0, 0.1) is 22.7 Å². The Morgan fingerprint density at radius 3 is 2.00 bits per heavy atom. The molecule has 0 amide bonds. The minimum Gasteiger partial charge on any atom is -0.360 e. The quantitative estimate of drug-likeness (QED) is 0.520. The molecule has 0 atom stereocenters. The molecule has 0 aromatic heterocycles. The van der Waals surface area contributed by atoms with Gasteiger partial charge in [-0.2, -0.15) is 0 Å². The molecule has 2 fully saturated rings. The zero-order chi connectivity index (χ0) is 11.1. The first-order valence-electron chi connectivity index (χ1n) is 6.32. The maximum atomic E-state index is 8.05. The summed E-state index contributed by atoms with van der Waals surface area (Å²) in [5.41, 5.74) is 0.452. The molecule has 1 aliphatic carbocycles. The minimum atomic E-state index is 0.452. The lowest BCUT2D eigenvalue weighted by Crippen LogP contribution is -2.41. The van der Waals surface area contributed by atoms with Crippen molar-refractivity contribution in [1.82, 2.24) is 4.90 Å². The van der Waals surface area contributed by atoms with Crippen LogP contribution in [-0.4, -0.2) is 23.8 Å². The van der Waals surface area contributed by atoms with Crippen LogP contribution >= 0.6 is 0 Å². The first-order valence-corrected chi connectivity index (χ1v) is 6.32. The van der Waals surface area contributed by atoms with E-state index in [0.717, 1.165) is 24.8 Å². The fraction of sp³-hybridized carbons (Fsp3) is 0.923. The Bertz CT molecular complexity index is 240. The van der Waals surface area contributed by atoms with Crippen molar-refractivity contribution in [2.24, 2.45) is 17.3 Å². The van der Waals surface area contributed by atoms with Gasteiger partial charge in [0.2, 0.25) is 0 Å². The summed E-state index contributed by atoms with van der Waals surface area (Å²) in [6.45, 7) is 9.28. The summed E-state index contributed by atoms with van der Waals surface area (Å²) in [5.74, 6) is 2.40. The van der Waals surface area contributed by atoms with Gasteiger partial charge in [0.05, 0.1) is 5.84 Å². The average molecular weight is 208 g/mol. The number of hydrogen-bond acceptors (Lipinski definition) is 1. The third-order valence-electron chi connectivity index (χ3n) is 4.02. The molecule has 0 radical (unpaired) electrons. The Kier molecular flexibility index (Phi) is 2.78. The molecule has 2 aliphatic rings. The second-order valence-corrected chi connectivity index (χ2v) is 6.29. The molecule has 2 rings (SSSR count). The number of nitrogens with zero attached hydrogens (tertiary/aromatic N) is 1. The van der Waals surface area contributed by atoms with Crippen LogP contribution in [0.4, 0.5) is 0 Å². The first-order chi connectivity index (χ1) is 6.98. The lowest BCUT2D eigenvalue weighted by molar-refractivity contribution is 0.147. The Morgan fingerprint density at radius 2 is 1.60 bits per heavy atom.